The Bertz CT molecular complexity index is 2040. The van der Waals surface area contributed by atoms with Crippen LogP contribution in [0.2, 0.25) is 0 Å². The van der Waals surface area contributed by atoms with Crippen molar-refractivity contribution < 1.29 is 14.7 Å². The lowest BCUT2D eigenvalue weighted by Gasteiger charge is -2.11. The summed E-state index contributed by atoms with van der Waals surface area (Å²) >= 11 is 0. The van der Waals surface area contributed by atoms with Gasteiger partial charge in [-0.05, 0) is 73.7 Å². The molecule has 2 aromatic heterocycles. The summed E-state index contributed by atoms with van der Waals surface area (Å²) in [4.78, 5) is 32.1. The molecule has 9 N–H and O–H groups in total. The number of amides is 2. The van der Waals surface area contributed by atoms with Crippen LogP contribution in [0, 0.1) is 6.92 Å². The van der Waals surface area contributed by atoms with Crippen LogP contribution in [-0.2, 0) is 11.2 Å². The average Bonchev–Trinajstić information content (AvgIpc) is 3.46. The summed E-state index contributed by atoms with van der Waals surface area (Å²) < 4.78 is 1.79. The van der Waals surface area contributed by atoms with Gasteiger partial charge in [0.2, 0.25) is 11.9 Å². The Balaban J connectivity index is 0.000000217. The van der Waals surface area contributed by atoms with Gasteiger partial charge in [-0.1, -0.05) is 67.9 Å². The molecule has 0 atom stereocenters. The number of phenolic OH excluding ortho intramolecular Hbond substituents is 1. The minimum absolute atomic E-state index is 0.0991. The Morgan fingerprint density at radius 2 is 1.48 bits per heavy atom. The highest BCUT2D eigenvalue weighted by Crippen LogP contribution is 2.35. The van der Waals surface area contributed by atoms with Crippen molar-refractivity contribution in [2.75, 3.05) is 28.6 Å². The van der Waals surface area contributed by atoms with E-state index in [1.165, 1.54) is 6.92 Å². The molecule has 0 bridgehead atoms. The highest BCUT2D eigenvalue weighted by atomic mass is 16.3. The SMILES string of the molecule is CC.CC(=O)Nc1ccc(-c2cn(-c3ncccn3)c(N)c2CCCN)cc1.Cc1ccc(NC(=O)c2cc3ccccc3c(N)c2O)cc1. The van der Waals surface area contributed by atoms with E-state index in [9.17, 15) is 14.7 Å². The molecule has 0 aliphatic rings. The van der Waals surface area contributed by atoms with Crippen molar-refractivity contribution in [2.24, 2.45) is 5.73 Å². The maximum absolute atomic E-state index is 12.4. The standard InChI is InChI=1S/C19H22N6O.C18H16N2O2.C2H6/c1-13(26)24-15-7-5-14(6-8-15)17-12-25(19-22-10-3-11-23-19)18(21)16(17)4-2-9-20;1-11-6-8-13(9-7-11)20-18(22)15-10-12-4-2-3-5-14(12)16(19)17(15)21;1-2/h3,5-8,10-12H,2,4,9,20-21H2,1H3,(H,24,26);2-10,21H,19H2,1H3,(H,20,22);1-2H3. The van der Waals surface area contributed by atoms with Gasteiger partial charge < -0.3 is 32.9 Å². The highest BCUT2D eigenvalue weighted by Gasteiger charge is 2.18. The fourth-order valence-corrected chi connectivity index (χ4v) is 5.24. The van der Waals surface area contributed by atoms with E-state index in [1.807, 2.05) is 99.8 Å². The van der Waals surface area contributed by atoms with E-state index < -0.39 is 0 Å². The lowest BCUT2D eigenvalue weighted by Crippen LogP contribution is -2.12. The molecule has 11 heteroatoms. The van der Waals surface area contributed by atoms with Crippen LogP contribution >= 0.6 is 0 Å². The first-order valence-electron chi connectivity index (χ1n) is 16.4. The Morgan fingerprint density at radius 3 is 2.12 bits per heavy atom. The summed E-state index contributed by atoms with van der Waals surface area (Å²) in [5.74, 6) is 0.464. The van der Waals surface area contributed by atoms with Crippen LogP contribution in [0.4, 0.5) is 22.9 Å². The largest absolute Gasteiger partial charge is 0.505 e. The number of nitrogen functional groups attached to an aromatic ring is 2. The second kappa shape index (κ2) is 17.3. The first-order chi connectivity index (χ1) is 24.2. The molecule has 0 unspecified atom stereocenters. The van der Waals surface area contributed by atoms with Crippen molar-refractivity contribution in [3.8, 4) is 22.8 Å². The molecule has 2 amide bonds. The van der Waals surface area contributed by atoms with Crippen LogP contribution in [0.25, 0.3) is 27.8 Å². The maximum Gasteiger partial charge on any atom is 0.259 e. The first kappa shape index (κ1) is 36.6. The number of aryl methyl sites for hydroxylation is 1. The van der Waals surface area contributed by atoms with Crippen molar-refractivity contribution in [3.05, 3.63) is 120 Å². The molecule has 0 aliphatic heterocycles. The fraction of sp³-hybridized carbons (Fsp3) is 0.179. The van der Waals surface area contributed by atoms with E-state index in [0.29, 0.717) is 24.0 Å². The van der Waals surface area contributed by atoms with Crippen LogP contribution in [-0.4, -0.2) is 38.0 Å². The van der Waals surface area contributed by atoms with Gasteiger partial charge in [0.05, 0.1) is 11.3 Å². The second-order valence-corrected chi connectivity index (χ2v) is 11.2. The number of nitrogens with one attached hydrogen (secondary N) is 2. The van der Waals surface area contributed by atoms with Crippen LogP contribution in [0.15, 0.2) is 104 Å². The second-order valence-electron chi connectivity index (χ2n) is 11.2. The molecule has 6 rings (SSSR count). The fourth-order valence-electron chi connectivity index (χ4n) is 5.24. The van der Waals surface area contributed by atoms with Crippen molar-refractivity contribution in [3.63, 3.8) is 0 Å². The third-order valence-electron chi connectivity index (χ3n) is 7.68. The molecular weight excluding hydrogens is 628 g/mol. The first-order valence-corrected chi connectivity index (χ1v) is 16.4. The molecule has 258 valence electrons. The lowest BCUT2D eigenvalue weighted by atomic mass is 10.0. The average molecular weight is 673 g/mol. The summed E-state index contributed by atoms with van der Waals surface area (Å²) in [5, 5.41) is 17.3. The number of carbonyl (C=O) groups excluding carboxylic acids is 2. The molecule has 0 spiro atoms. The number of aromatic nitrogens is 3. The van der Waals surface area contributed by atoms with Gasteiger partial charge in [-0.25, -0.2) is 9.97 Å². The van der Waals surface area contributed by atoms with Crippen LogP contribution in [0.1, 0.15) is 48.7 Å². The van der Waals surface area contributed by atoms with E-state index in [2.05, 4.69) is 20.6 Å². The van der Waals surface area contributed by atoms with Crippen LogP contribution in [0.5, 0.6) is 5.75 Å². The Morgan fingerprint density at radius 1 is 0.860 bits per heavy atom. The summed E-state index contributed by atoms with van der Waals surface area (Å²) in [6.07, 6.45) is 6.92. The monoisotopic (exact) mass is 672 g/mol. The summed E-state index contributed by atoms with van der Waals surface area (Å²) in [5.41, 5.74) is 24.0. The quantitative estimate of drug-likeness (QED) is 0.0731. The minimum atomic E-state index is -0.390. The molecule has 50 heavy (non-hydrogen) atoms. The van der Waals surface area contributed by atoms with E-state index in [4.69, 9.17) is 17.2 Å². The molecule has 6 aromatic rings. The number of benzene rings is 4. The third-order valence-corrected chi connectivity index (χ3v) is 7.68. The summed E-state index contributed by atoms with van der Waals surface area (Å²) in [6, 6.07) is 25.9. The number of nitrogens with zero attached hydrogens (tertiary/aromatic N) is 3. The van der Waals surface area contributed by atoms with Crippen molar-refractivity contribution in [1.29, 1.82) is 0 Å². The maximum atomic E-state index is 12.4. The molecule has 0 saturated carbocycles. The number of carbonyl (C=O) groups is 2. The molecule has 0 radical (unpaired) electrons. The molecule has 0 aliphatic carbocycles. The third kappa shape index (κ3) is 8.82. The molecule has 2 heterocycles. The van der Waals surface area contributed by atoms with Gasteiger partial charge in [0.15, 0.2) is 5.75 Å². The zero-order chi connectivity index (χ0) is 36.2. The zero-order valence-electron chi connectivity index (χ0n) is 28.8. The van der Waals surface area contributed by atoms with Crippen molar-refractivity contribution in [1.82, 2.24) is 14.5 Å². The van der Waals surface area contributed by atoms with Gasteiger partial charge in [-0.3, -0.25) is 14.2 Å². The number of nitrogens with two attached hydrogens (primary N) is 3. The normalized spacial score (nSPS) is 10.3. The molecule has 0 saturated heterocycles. The van der Waals surface area contributed by atoms with E-state index in [-0.39, 0.29) is 28.8 Å². The summed E-state index contributed by atoms with van der Waals surface area (Å²) in [6.45, 7) is 8.05. The van der Waals surface area contributed by atoms with Crippen molar-refractivity contribution >= 4 is 45.5 Å². The molecule has 4 aromatic carbocycles. The summed E-state index contributed by atoms with van der Waals surface area (Å²) in [7, 11) is 0. The highest BCUT2D eigenvalue weighted by molar-refractivity contribution is 6.11. The number of rotatable bonds is 8. The van der Waals surface area contributed by atoms with Gasteiger partial charge >= 0.3 is 0 Å². The van der Waals surface area contributed by atoms with E-state index >= 15 is 0 Å². The van der Waals surface area contributed by atoms with E-state index in [1.54, 1.807) is 29.1 Å². The Hall–Kier alpha value is -6.20. The number of anilines is 4. The Kier molecular flexibility index (Phi) is 12.7. The van der Waals surface area contributed by atoms with Gasteiger partial charge in [0, 0.05) is 53.4 Å². The van der Waals surface area contributed by atoms with Crippen molar-refractivity contribution in [2.45, 2.75) is 40.5 Å². The Labute approximate surface area is 292 Å². The van der Waals surface area contributed by atoms with Crippen LogP contribution in [0.3, 0.4) is 0 Å². The smallest absolute Gasteiger partial charge is 0.259 e. The molecule has 11 nitrogen and oxygen atoms in total. The lowest BCUT2D eigenvalue weighted by molar-refractivity contribution is -0.114. The topological polar surface area (TPSA) is 187 Å². The van der Waals surface area contributed by atoms with Gasteiger partial charge in [0.1, 0.15) is 5.82 Å². The van der Waals surface area contributed by atoms with Gasteiger partial charge in [0.25, 0.3) is 5.91 Å². The predicted molar refractivity (Wildman–Crippen MR) is 203 cm³/mol. The number of aromatic hydroxyl groups is 1. The number of hydrogen-bond acceptors (Lipinski definition) is 8. The number of phenols is 1. The predicted octanol–water partition coefficient (Wildman–Crippen LogP) is 7.08. The number of hydrogen-bond donors (Lipinski definition) is 6. The zero-order valence-corrected chi connectivity index (χ0v) is 28.8. The number of fused-ring (bicyclic) bond motifs is 1. The molecular formula is C39H44N8O3. The molecule has 0 fully saturated rings. The van der Waals surface area contributed by atoms with E-state index in [0.717, 1.165) is 51.6 Å². The van der Waals surface area contributed by atoms with Gasteiger partial charge in [-0.2, -0.15) is 0 Å². The van der Waals surface area contributed by atoms with Gasteiger partial charge in [-0.15, -0.1) is 0 Å². The minimum Gasteiger partial charge on any atom is -0.505 e. The van der Waals surface area contributed by atoms with Crippen LogP contribution < -0.4 is 27.8 Å².